The van der Waals surface area contributed by atoms with Crippen LogP contribution in [0.5, 0.6) is 0 Å². The molecule has 0 radical (unpaired) electrons. The second kappa shape index (κ2) is 7.49. The molecule has 2 fully saturated rings. The Labute approximate surface area is 206 Å². The van der Waals surface area contributed by atoms with Crippen molar-refractivity contribution in [3.8, 4) is 0 Å². The molecule has 8 nitrogen and oxygen atoms in total. The molecular formula is C27H38O8. The van der Waals surface area contributed by atoms with Crippen LogP contribution >= 0.6 is 0 Å². The summed E-state index contributed by atoms with van der Waals surface area (Å²) >= 11 is 0. The van der Waals surface area contributed by atoms with Gasteiger partial charge in [-0.15, -0.1) is 0 Å². The number of carbonyl (C=O) groups is 3. The van der Waals surface area contributed by atoms with E-state index in [0.29, 0.717) is 12.0 Å². The molecule has 2 saturated carbocycles. The van der Waals surface area contributed by atoms with Crippen LogP contribution in [0.2, 0.25) is 0 Å². The summed E-state index contributed by atoms with van der Waals surface area (Å²) in [6, 6.07) is 0. The fraction of sp³-hybridized carbons (Fsp3) is 0.741. The minimum atomic E-state index is -2.26. The van der Waals surface area contributed by atoms with Crippen molar-refractivity contribution in [2.24, 2.45) is 34.0 Å². The lowest BCUT2D eigenvalue weighted by atomic mass is 9.59. The lowest BCUT2D eigenvalue weighted by Crippen LogP contribution is -2.65. The highest BCUT2D eigenvalue weighted by Crippen LogP contribution is 2.75. The Kier molecular flexibility index (Phi) is 5.58. The molecule has 8 heteroatoms. The quantitative estimate of drug-likeness (QED) is 0.405. The molecule has 2 unspecified atom stereocenters. The van der Waals surface area contributed by atoms with E-state index in [1.165, 1.54) is 6.92 Å². The van der Waals surface area contributed by atoms with Crippen molar-refractivity contribution in [3.05, 3.63) is 23.3 Å². The Hall–Kier alpha value is -2.03. The second-order valence-electron chi connectivity index (χ2n) is 12.6. The highest BCUT2D eigenvalue weighted by molar-refractivity contribution is 5.96. The monoisotopic (exact) mass is 490 g/mol. The van der Waals surface area contributed by atoms with Crippen molar-refractivity contribution < 1.29 is 39.2 Å². The predicted molar refractivity (Wildman–Crippen MR) is 126 cm³/mol. The van der Waals surface area contributed by atoms with Gasteiger partial charge in [0.05, 0.1) is 10.8 Å². The molecule has 4 rings (SSSR count). The number of rotatable bonds is 3. The molecule has 0 saturated heterocycles. The highest BCUT2D eigenvalue weighted by Gasteiger charge is 2.83. The molecule has 8 atom stereocenters. The number of carbonyl (C=O) groups excluding carboxylic acids is 3. The van der Waals surface area contributed by atoms with Gasteiger partial charge in [-0.2, -0.15) is 0 Å². The third-order valence-corrected chi connectivity index (χ3v) is 9.18. The zero-order valence-electron chi connectivity index (χ0n) is 21.8. The van der Waals surface area contributed by atoms with Gasteiger partial charge >= 0.3 is 11.9 Å². The smallest absolute Gasteiger partial charge is 0.311 e. The maximum Gasteiger partial charge on any atom is 0.311 e. The molecule has 194 valence electrons. The summed E-state index contributed by atoms with van der Waals surface area (Å²) in [6.07, 6.45) is 0.306. The minimum absolute atomic E-state index is 0.154. The minimum Gasteiger partial charge on any atom is -0.461 e. The van der Waals surface area contributed by atoms with Crippen LogP contribution in [0.15, 0.2) is 23.3 Å². The topological polar surface area (TPSA) is 130 Å². The highest BCUT2D eigenvalue weighted by atomic mass is 16.6. The number of ketones is 1. The standard InChI is InChI=1S/C27H38O8/c1-13-10-25-14(2)11-26(35-15(3)28)18(24(26,7)8)17(21(25)31)9-16(12-34-22(32)23(4,5)6)20(30)27(25,33)19(13)29/h9-10,14,17-20,29-30,33H,11-12H2,1-8H3/t14?,17-,18+,19-,20+,25?,26-,27+/m0/s1. The number of aliphatic hydroxyl groups excluding tert-OH is 2. The molecular weight excluding hydrogens is 452 g/mol. The van der Waals surface area contributed by atoms with Gasteiger partial charge < -0.3 is 24.8 Å². The van der Waals surface area contributed by atoms with E-state index in [1.807, 2.05) is 13.8 Å². The predicted octanol–water partition coefficient (Wildman–Crippen LogP) is 2.10. The van der Waals surface area contributed by atoms with E-state index < -0.39 is 69.3 Å². The Morgan fingerprint density at radius 2 is 1.77 bits per heavy atom. The first-order chi connectivity index (χ1) is 15.9. The number of allylic oxidation sites excluding steroid dienone is 1. The van der Waals surface area contributed by atoms with Gasteiger partial charge in [-0.3, -0.25) is 14.4 Å². The third-order valence-electron chi connectivity index (χ3n) is 9.18. The number of Topliss-reactive ketones (excluding diaryl/α,β-unsaturated/α-hetero) is 1. The number of ether oxygens (including phenoxy) is 2. The summed E-state index contributed by atoms with van der Waals surface area (Å²) < 4.78 is 11.4. The van der Waals surface area contributed by atoms with Crippen LogP contribution in [0.3, 0.4) is 0 Å². The summed E-state index contributed by atoms with van der Waals surface area (Å²) in [6.45, 7) is 13.4. The van der Waals surface area contributed by atoms with E-state index in [4.69, 9.17) is 9.47 Å². The van der Waals surface area contributed by atoms with Crippen molar-refractivity contribution in [1.82, 2.24) is 0 Å². The van der Waals surface area contributed by atoms with E-state index in [2.05, 4.69) is 0 Å². The number of aliphatic hydroxyl groups is 3. The van der Waals surface area contributed by atoms with Crippen LogP contribution in [0, 0.1) is 34.0 Å². The maximum atomic E-state index is 14.4. The van der Waals surface area contributed by atoms with E-state index in [0.717, 1.165) is 0 Å². The summed E-state index contributed by atoms with van der Waals surface area (Å²) in [5.41, 5.74) is -5.60. The Bertz CT molecular complexity index is 1050. The van der Waals surface area contributed by atoms with Crippen LogP contribution in [-0.4, -0.2) is 63.1 Å². The lowest BCUT2D eigenvalue weighted by Gasteiger charge is -2.48. The van der Waals surface area contributed by atoms with Gasteiger partial charge in [-0.05, 0) is 51.2 Å². The van der Waals surface area contributed by atoms with Crippen molar-refractivity contribution in [3.63, 3.8) is 0 Å². The summed E-state index contributed by atoms with van der Waals surface area (Å²) in [7, 11) is 0. The summed E-state index contributed by atoms with van der Waals surface area (Å²) in [5.74, 6) is -3.08. The van der Waals surface area contributed by atoms with Gasteiger partial charge in [-0.25, -0.2) is 0 Å². The van der Waals surface area contributed by atoms with E-state index in [9.17, 15) is 29.7 Å². The van der Waals surface area contributed by atoms with Crippen molar-refractivity contribution in [2.75, 3.05) is 6.61 Å². The largest absolute Gasteiger partial charge is 0.461 e. The first-order valence-corrected chi connectivity index (χ1v) is 12.3. The number of esters is 2. The summed E-state index contributed by atoms with van der Waals surface area (Å²) in [5, 5.41) is 34.8. The molecule has 0 aliphatic heterocycles. The van der Waals surface area contributed by atoms with Gasteiger partial charge in [0.25, 0.3) is 0 Å². The average Bonchev–Trinajstić information content (AvgIpc) is 3.13. The van der Waals surface area contributed by atoms with Crippen LogP contribution in [-0.2, 0) is 23.9 Å². The van der Waals surface area contributed by atoms with Crippen LogP contribution in [0.4, 0.5) is 0 Å². The Balaban J connectivity index is 1.90. The average molecular weight is 491 g/mol. The number of hydrogen-bond acceptors (Lipinski definition) is 8. The molecule has 2 bridgehead atoms. The maximum absolute atomic E-state index is 14.4. The van der Waals surface area contributed by atoms with Gasteiger partial charge in [0.2, 0.25) is 0 Å². The number of hydrogen-bond donors (Lipinski definition) is 3. The molecule has 0 aromatic heterocycles. The molecule has 0 aromatic rings. The first-order valence-electron chi connectivity index (χ1n) is 12.3. The molecule has 4 aliphatic rings. The Morgan fingerprint density at radius 1 is 1.17 bits per heavy atom. The third kappa shape index (κ3) is 3.12. The molecule has 1 spiro atoms. The fourth-order valence-electron chi connectivity index (χ4n) is 7.34. The zero-order chi connectivity index (χ0) is 26.5. The molecule has 35 heavy (non-hydrogen) atoms. The molecule has 0 amide bonds. The van der Waals surface area contributed by atoms with Crippen LogP contribution < -0.4 is 0 Å². The normalized spacial score (nSPS) is 43.6. The van der Waals surface area contributed by atoms with E-state index in [1.54, 1.807) is 46.8 Å². The second-order valence-corrected chi connectivity index (χ2v) is 12.6. The van der Waals surface area contributed by atoms with Gasteiger partial charge in [-0.1, -0.05) is 32.9 Å². The molecule has 0 aromatic carbocycles. The van der Waals surface area contributed by atoms with Crippen molar-refractivity contribution in [2.45, 2.75) is 85.2 Å². The van der Waals surface area contributed by atoms with Gasteiger partial charge in [0.15, 0.2) is 5.78 Å². The van der Waals surface area contributed by atoms with Crippen molar-refractivity contribution >= 4 is 17.7 Å². The molecule has 3 N–H and O–H groups in total. The van der Waals surface area contributed by atoms with Gasteiger partial charge in [0.1, 0.15) is 30.0 Å². The Morgan fingerprint density at radius 3 is 2.31 bits per heavy atom. The van der Waals surface area contributed by atoms with Crippen LogP contribution in [0.25, 0.3) is 0 Å². The zero-order valence-corrected chi connectivity index (χ0v) is 21.8. The lowest BCUT2D eigenvalue weighted by molar-refractivity contribution is -0.192. The fourth-order valence-corrected chi connectivity index (χ4v) is 7.34. The van der Waals surface area contributed by atoms with Crippen LogP contribution in [0.1, 0.15) is 61.8 Å². The van der Waals surface area contributed by atoms with E-state index >= 15 is 0 Å². The van der Waals surface area contributed by atoms with Gasteiger partial charge in [0, 0.05) is 24.2 Å². The number of fused-ring (bicyclic) bond motifs is 3. The van der Waals surface area contributed by atoms with Crippen molar-refractivity contribution in [1.29, 1.82) is 0 Å². The molecule has 0 heterocycles. The molecule has 4 aliphatic carbocycles. The SMILES string of the molecule is CC(=O)O[C@@]12CC(C)C34C=C(C)[C@H](O)[C@@]3(O)[C@H](O)C(COC(=O)C(C)(C)C)=C[C@H](C4=O)[C@@H]1C2(C)C. The first kappa shape index (κ1) is 26.0. The summed E-state index contributed by atoms with van der Waals surface area (Å²) in [4.78, 5) is 39.0. The van der Waals surface area contributed by atoms with E-state index in [-0.39, 0.29) is 18.0 Å².